The number of nitrogens with zero attached hydrogens (tertiary/aromatic N) is 2. The van der Waals surface area contributed by atoms with Crippen LogP contribution in [0.15, 0.2) is 0 Å². The van der Waals surface area contributed by atoms with Gasteiger partial charge in [-0.05, 0) is 7.05 Å². The van der Waals surface area contributed by atoms with E-state index in [-0.39, 0.29) is 0 Å². The van der Waals surface area contributed by atoms with E-state index < -0.39 is 0 Å². The molecule has 0 saturated carbocycles. The largest absolute Gasteiger partial charge is 0.236 e. The molecule has 2 nitrogen and oxygen atoms in total. The van der Waals surface area contributed by atoms with Gasteiger partial charge < -0.3 is 0 Å². The highest BCUT2D eigenvalue weighted by Gasteiger charge is 1.81. The zero-order valence-corrected chi connectivity index (χ0v) is 5.64. The molecule has 6 heavy (non-hydrogen) atoms. The molecule has 0 spiro atoms. The molecule has 0 amide bonds. The maximum Gasteiger partial charge on any atom is 0.0950 e. The highest BCUT2D eigenvalue weighted by Crippen LogP contribution is 1.87. The molecule has 0 heterocycles. The van der Waals surface area contributed by atoms with Gasteiger partial charge in [-0.3, -0.25) is 0 Å². The molecule has 0 aromatic rings. The molecule has 0 aliphatic heterocycles. The van der Waals surface area contributed by atoms with Crippen LogP contribution in [0.1, 0.15) is 0 Å². The van der Waals surface area contributed by atoms with E-state index in [0.29, 0.717) is 6.54 Å². The molecule has 0 atom stereocenters. The van der Waals surface area contributed by atoms with E-state index in [1.54, 1.807) is 3.11 Å². The fourth-order valence-electron chi connectivity index (χ4n) is 0.0974. The van der Waals surface area contributed by atoms with E-state index in [2.05, 4.69) is 22.9 Å². The second-order valence-electron chi connectivity index (χ2n) is 0.921. The van der Waals surface area contributed by atoms with Crippen molar-refractivity contribution in [1.82, 2.24) is 3.11 Å². The zero-order valence-electron chi connectivity index (χ0n) is 3.48. The molecule has 0 radical (unpaired) electrons. The van der Waals surface area contributed by atoms with Crippen LogP contribution >= 0.6 is 22.9 Å². The monoisotopic (exact) mass is 196 g/mol. The fourth-order valence-corrected chi connectivity index (χ4v) is 0.250. The van der Waals surface area contributed by atoms with E-state index in [1.165, 1.54) is 0 Å². The summed E-state index contributed by atoms with van der Waals surface area (Å²) in [6, 6.07) is 1.99. The predicted octanol–water partition coefficient (Wildman–Crippen LogP) is 0.792. The summed E-state index contributed by atoms with van der Waals surface area (Å²) in [4.78, 5) is 0. The van der Waals surface area contributed by atoms with Crippen molar-refractivity contribution in [3.8, 4) is 6.07 Å². The van der Waals surface area contributed by atoms with Gasteiger partial charge >= 0.3 is 0 Å². The average Bonchev–Trinajstić information content (AvgIpc) is 1.35. The number of rotatable bonds is 1. The van der Waals surface area contributed by atoms with E-state index in [9.17, 15) is 0 Å². The third-order valence-corrected chi connectivity index (χ3v) is 0.630. The Balaban J connectivity index is 2.88. The number of nitriles is 1. The lowest BCUT2D eigenvalue weighted by Gasteiger charge is -1.94. The van der Waals surface area contributed by atoms with Gasteiger partial charge in [-0.15, -0.1) is 0 Å². The van der Waals surface area contributed by atoms with Crippen molar-refractivity contribution in [1.29, 1.82) is 5.26 Å². The molecule has 0 bridgehead atoms. The molecule has 0 N–H and O–H groups in total. The van der Waals surface area contributed by atoms with E-state index >= 15 is 0 Å². The Bertz CT molecular complexity index is 63.7. The molecular formula is C3H5IN2. The third kappa shape index (κ3) is 4.18. The summed E-state index contributed by atoms with van der Waals surface area (Å²) < 4.78 is 1.79. The lowest BCUT2D eigenvalue weighted by Crippen LogP contribution is -2.01. The molecule has 0 unspecified atom stereocenters. The highest BCUT2D eigenvalue weighted by atomic mass is 127. The van der Waals surface area contributed by atoms with Crippen LogP contribution in [0.25, 0.3) is 0 Å². The third-order valence-electron chi connectivity index (χ3n) is 0.289. The van der Waals surface area contributed by atoms with E-state index in [0.717, 1.165) is 0 Å². The van der Waals surface area contributed by atoms with Crippen molar-refractivity contribution < 1.29 is 0 Å². The highest BCUT2D eigenvalue weighted by molar-refractivity contribution is 14.1. The van der Waals surface area contributed by atoms with Crippen molar-refractivity contribution in [2.24, 2.45) is 0 Å². The quantitative estimate of drug-likeness (QED) is 0.352. The van der Waals surface area contributed by atoms with Crippen molar-refractivity contribution in [3.63, 3.8) is 0 Å². The Kier molecular flexibility index (Phi) is 3.47. The lowest BCUT2D eigenvalue weighted by molar-refractivity contribution is 0.694. The lowest BCUT2D eigenvalue weighted by atomic mass is 10.7. The van der Waals surface area contributed by atoms with Crippen LogP contribution in [0, 0.1) is 11.3 Å². The summed E-state index contributed by atoms with van der Waals surface area (Å²) in [7, 11) is 1.85. The number of halogens is 1. The first kappa shape index (κ1) is 6.18. The van der Waals surface area contributed by atoms with Crippen LogP contribution in [0.4, 0.5) is 0 Å². The normalized spacial score (nSPS) is 8.33. The average molecular weight is 196 g/mol. The summed E-state index contributed by atoms with van der Waals surface area (Å²) in [5.41, 5.74) is 0. The predicted molar refractivity (Wildman–Crippen MR) is 32.3 cm³/mol. The minimum atomic E-state index is 0.501. The minimum absolute atomic E-state index is 0.501. The van der Waals surface area contributed by atoms with Crippen molar-refractivity contribution in [2.75, 3.05) is 13.6 Å². The Morgan fingerprint density at radius 2 is 2.50 bits per heavy atom. The van der Waals surface area contributed by atoms with Gasteiger partial charge in [-0.2, -0.15) is 5.26 Å². The van der Waals surface area contributed by atoms with Crippen LogP contribution in [0.5, 0.6) is 0 Å². The van der Waals surface area contributed by atoms with Gasteiger partial charge in [-0.25, -0.2) is 3.11 Å². The molecule has 0 rings (SSSR count). The van der Waals surface area contributed by atoms with Gasteiger partial charge in [0.15, 0.2) is 0 Å². The molecule has 0 aromatic carbocycles. The Morgan fingerprint density at radius 3 is 2.50 bits per heavy atom. The van der Waals surface area contributed by atoms with Crippen LogP contribution in [-0.2, 0) is 0 Å². The Morgan fingerprint density at radius 1 is 2.00 bits per heavy atom. The summed E-state index contributed by atoms with van der Waals surface area (Å²) >= 11 is 2.05. The molecule has 34 valence electrons. The maximum atomic E-state index is 7.94. The van der Waals surface area contributed by atoms with Gasteiger partial charge in [0.05, 0.1) is 12.6 Å². The molecule has 0 fully saturated rings. The Labute approximate surface area is 51.2 Å². The topological polar surface area (TPSA) is 27.0 Å². The van der Waals surface area contributed by atoms with E-state index in [1.807, 2.05) is 13.1 Å². The van der Waals surface area contributed by atoms with E-state index in [4.69, 9.17) is 5.26 Å². The van der Waals surface area contributed by atoms with Crippen molar-refractivity contribution in [2.45, 2.75) is 0 Å². The first-order valence-electron chi connectivity index (χ1n) is 1.51. The molecule has 3 heteroatoms. The second kappa shape index (κ2) is 3.37. The van der Waals surface area contributed by atoms with Crippen LogP contribution < -0.4 is 0 Å². The number of hydrogen-bond acceptors (Lipinski definition) is 2. The van der Waals surface area contributed by atoms with Gasteiger partial charge in [0.1, 0.15) is 0 Å². The minimum Gasteiger partial charge on any atom is -0.236 e. The first-order chi connectivity index (χ1) is 2.77. The summed E-state index contributed by atoms with van der Waals surface area (Å²) in [5.74, 6) is 0. The summed E-state index contributed by atoms with van der Waals surface area (Å²) in [5, 5.41) is 7.94. The van der Waals surface area contributed by atoms with Gasteiger partial charge in [0.25, 0.3) is 0 Å². The van der Waals surface area contributed by atoms with Crippen LogP contribution in [0.2, 0.25) is 0 Å². The van der Waals surface area contributed by atoms with Crippen LogP contribution in [0.3, 0.4) is 0 Å². The van der Waals surface area contributed by atoms with Crippen LogP contribution in [-0.4, -0.2) is 16.7 Å². The molecule has 0 aliphatic carbocycles. The zero-order chi connectivity index (χ0) is 4.99. The number of hydrogen-bond donors (Lipinski definition) is 0. The van der Waals surface area contributed by atoms with Gasteiger partial charge in [-0.1, -0.05) is 0 Å². The fraction of sp³-hybridized carbons (Fsp3) is 0.667. The Hall–Kier alpha value is 0.180. The molecule has 0 aliphatic rings. The van der Waals surface area contributed by atoms with Gasteiger partial charge in [0.2, 0.25) is 0 Å². The molecular weight excluding hydrogens is 191 g/mol. The SMILES string of the molecule is CN(I)CC#N. The van der Waals surface area contributed by atoms with Gasteiger partial charge in [0, 0.05) is 22.9 Å². The van der Waals surface area contributed by atoms with Crippen molar-refractivity contribution >= 4 is 22.9 Å². The summed E-state index contributed by atoms with van der Waals surface area (Å²) in [6.07, 6.45) is 0. The van der Waals surface area contributed by atoms with Crippen molar-refractivity contribution in [3.05, 3.63) is 0 Å². The smallest absolute Gasteiger partial charge is 0.0950 e. The molecule has 0 aromatic heterocycles. The molecule has 0 saturated heterocycles. The maximum absolute atomic E-state index is 7.94. The second-order valence-corrected chi connectivity index (χ2v) is 2.57. The summed E-state index contributed by atoms with van der Waals surface area (Å²) in [6.45, 7) is 0.501. The first-order valence-corrected chi connectivity index (χ1v) is 2.47. The standard InChI is InChI=1S/C3H5IN2/c1-6(4)3-2-5/h3H2,1H3.